The van der Waals surface area contributed by atoms with E-state index in [2.05, 4.69) is 25.4 Å². The van der Waals surface area contributed by atoms with Crippen molar-refractivity contribution in [2.24, 2.45) is 0 Å². The van der Waals surface area contributed by atoms with Gasteiger partial charge in [0, 0.05) is 49.6 Å². The molecule has 2 aromatic rings. The van der Waals surface area contributed by atoms with Gasteiger partial charge in [0.1, 0.15) is 5.82 Å². The number of rotatable bonds is 5. The number of methoxy groups -OCH3 is 1. The van der Waals surface area contributed by atoms with Gasteiger partial charge in [0.15, 0.2) is 0 Å². The predicted octanol–water partition coefficient (Wildman–Crippen LogP) is 2.34. The molecule has 1 aromatic carbocycles. The second kappa shape index (κ2) is 9.36. The van der Waals surface area contributed by atoms with Gasteiger partial charge in [0.25, 0.3) is 0 Å². The summed E-state index contributed by atoms with van der Waals surface area (Å²) in [7, 11) is 1.33. The minimum atomic E-state index is -0.681. The van der Waals surface area contributed by atoms with E-state index >= 15 is 0 Å². The summed E-state index contributed by atoms with van der Waals surface area (Å²) in [6, 6.07) is 12.0. The molecule has 0 bridgehead atoms. The predicted molar refractivity (Wildman–Crippen MR) is 118 cm³/mol. The topological polar surface area (TPSA) is 86.8 Å². The van der Waals surface area contributed by atoms with Gasteiger partial charge in [-0.3, -0.25) is 4.90 Å². The van der Waals surface area contributed by atoms with E-state index in [9.17, 15) is 9.59 Å². The quantitative estimate of drug-likeness (QED) is 0.692. The summed E-state index contributed by atoms with van der Waals surface area (Å²) in [6.07, 6.45) is 1.79. The van der Waals surface area contributed by atoms with Crippen molar-refractivity contribution in [1.82, 2.24) is 20.5 Å². The number of esters is 1. The van der Waals surface area contributed by atoms with Crippen LogP contribution in [0.1, 0.15) is 11.6 Å². The summed E-state index contributed by atoms with van der Waals surface area (Å²) in [5.74, 6) is 0.449. The molecule has 0 saturated carbocycles. The number of anilines is 1. The Hall–Kier alpha value is -3.10. The van der Waals surface area contributed by atoms with E-state index in [1.165, 1.54) is 7.11 Å². The lowest BCUT2D eigenvalue weighted by Crippen LogP contribution is -2.52. The van der Waals surface area contributed by atoms with Crippen molar-refractivity contribution in [2.75, 3.05) is 44.7 Å². The third-order valence-corrected chi connectivity index (χ3v) is 5.85. The van der Waals surface area contributed by atoms with Gasteiger partial charge in [0.2, 0.25) is 0 Å². The Kier molecular flexibility index (Phi) is 6.39. The normalized spacial score (nSPS) is 19.6. The molecule has 2 aliphatic rings. The summed E-state index contributed by atoms with van der Waals surface area (Å²) in [5.41, 5.74) is 1.55. The molecule has 0 spiro atoms. The van der Waals surface area contributed by atoms with Crippen molar-refractivity contribution in [3.05, 3.63) is 70.5 Å². The smallest absolute Gasteiger partial charge is 0.338 e. The van der Waals surface area contributed by atoms with Gasteiger partial charge in [0.05, 0.1) is 18.7 Å². The van der Waals surface area contributed by atoms with E-state index in [1.807, 2.05) is 24.3 Å². The van der Waals surface area contributed by atoms with Crippen molar-refractivity contribution >= 4 is 29.4 Å². The molecule has 2 N–H and O–H groups in total. The first kappa shape index (κ1) is 21.1. The van der Waals surface area contributed by atoms with E-state index in [-0.39, 0.29) is 6.03 Å². The number of carbonyl (C=O) groups is 2. The highest BCUT2D eigenvalue weighted by Crippen LogP contribution is 2.32. The minimum absolute atomic E-state index is 0.363. The first-order valence-corrected chi connectivity index (χ1v) is 10.5. The largest absolute Gasteiger partial charge is 0.466 e. The summed E-state index contributed by atoms with van der Waals surface area (Å²) < 4.78 is 5.04. The molecule has 0 unspecified atom stereocenters. The fourth-order valence-corrected chi connectivity index (χ4v) is 4.18. The lowest BCUT2D eigenvalue weighted by molar-refractivity contribution is -0.136. The Balaban J connectivity index is 1.56. The fourth-order valence-electron chi connectivity index (χ4n) is 3.94. The average Bonchev–Trinajstić information content (AvgIpc) is 2.80. The molecule has 1 atom stereocenters. The second-order valence-corrected chi connectivity index (χ2v) is 7.80. The highest BCUT2D eigenvalue weighted by atomic mass is 35.5. The monoisotopic (exact) mass is 441 g/mol. The zero-order valence-corrected chi connectivity index (χ0v) is 17.9. The minimum Gasteiger partial charge on any atom is -0.466 e. The zero-order chi connectivity index (χ0) is 21.8. The number of benzene rings is 1. The van der Waals surface area contributed by atoms with Crippen molar-refractivity contribution < 1.29 is 14.3 Å². The number of hydrogen-bond donors (Lipinski definition) is 2. The molecular formula is C22H24ClN5O3. The molecule has 31 heavy (non-hydrogen) atoms. The van der Waals surface area contributed by atoms with Gasteiger partial charge < -0.3 is 20.3 Å². The Labute approximate surface area is 185 Å². The van der Waals surface area contributed by atoms with Crippen molar-refractivity contribution in [3.8, 4) is 0 Å². The number of halogens is 1. The van der Waals surface area contributed by atoms with E-state index < -0.39 is 12.0 Å². The van der Waals surface area contributed by atoms with Crippen LogP contribution in [0.3, 0.4) is 0 Å². The molecule has 0 aliphatic carbocycles. The number of hydrogen-bond acceptors (Lipinski definition) is 6. The van der Waals surface area contributed by atoms with Gasteiger partial charge >= 0.3 is 12.0 Å². The molecule has 1 aromatic heterocycles. The van der Waals surface area contributed by atoms with Crippen LogP contribution in [0.5, 0.6) is 0 Å². The number of urea groups is 1. The van der Waals surface area contributed by atoms with Crippen LogP contribution in [0, 0.1) is 0 Å². The van der Waals surface area contributed by atoms with Crippen LogP contribution in [0.15, 0.2) is 59.9 Å². The summed E-state index contributed by atoms with van der Waals surface area (Å²) in [5, 5.41) is 6.09. The van der Waals surface area contributed by atoms with E-state index in [0.29, 0.717) is 28.4 Å². The molecule has 2 amide bonds. The third kappa shape index (κ3) is 4.65. The Morgan fingerprint density at radius 1 is 1.16 bits per heavy atom. The number of carbonyl (C=O) groups excluding carboxylic acids is 2. The maximum Gasteiger partial charge on any atom is 0.338 e. The van der Waals surface area contributed by atoms with Crippen LogP contribution in [0.2, 0.25) is 5.02 Å². The van der Waals surface area contributed by atoms with Gasteiger partial charge in [-0.15, -0.1) is 0 Å². The Bertz CT molecular complexity index is 990. The molecule has 3 heterocycles. The lowest BCUT2D eigenvalue weighted by atomic mass is 9.95. The average molecular weight is 442 g/mol. The molecule has 8 nitrogen and oxygen atoms in total. The molecule has 2 aliphatic heterocycles. The number of pyridine rings is 1. The molecule has 1 saturated heterocycles. The van der Waals surface area contributed by atoms with E-state index in [1.54, 1.807) is 24.4 Å². The Morgan fingerprint density at radius 3 is 2.58 bits per heavy atom. The van der Waals surface area contributed by atoms with Crippen LogP contribution in [0.4, 0.5) is 10.6 Å². The highest BCUT2D eigenvalue weighted by molar-refractivity contribution is 6.31. The van der Waals surface area contributed by atoms with Gasteiger partial charge in [-0.25, -0.2) is 14.6 Å². The number of nitrogens with one attached hydrogen (secondary N) is 2. The standard InChI is InChI=1S/C22H24ClN5O3/c1-31-21(29)19-17(25-22(30)26-20(19)15-6-2-3-7-16(15)23)14-27-10-12-28(13-11-27)18-8-4-5-9-24-18/h2-9,20H,10-14H2,1H3,(H2,25,26,30)/t20-/m1/s1. The van der Waals surface area contributed by atoms with Crippen LogP contribution >= 0.6 is 11.6 Å². The van der Waals surface area contributed by atoms with Gasteiger partial charge in [-0.1, -0.05) is 35.9 Å². The molecule has 9 heteroatoms. The molecule has 4 rings (SSSR count). The third-order valence-electron chi connectivity index (χ3n) is 5.50. The number of ether oxygens (including phenoxy) is 1. The SMILES string of the molecule is COC(=O)C1=C(CN2CCN(c3ccccn3)CC2)NC(=O)N[C@@H]1c1ccccc1Cl. The second-order valence-electron chi connectivity index (χ2n) is 7.39. The number of amides is 2. The maximum atomic E-state index is 12.7. The van der Waals surface area contributed by atoms with Crippen LogP contribution in [0.25, 0.3) is 0 Å². The van der Waals surface area contributed by atoms with Crippen molar-refractivity contribution in [2.45, 2.75) is 6.04 Å². The maximum absolute atomic E-state index is 12.7. The van der Waals surface area contributed by atoms with Crippen LogP contribution in [-0.4, -0.2) is 61.7 Å². The van der Waals surface area contributed by atoms with Gasteiger partial charge in [-0.05, 0) is 23.8 Å². The molecule has 1 fully saturated rings. The summed E-state index contributed by atoms with van der Waals surface area (Å²) in [6.45, 7) is 3.58. The van der Waals surface area contributed by atoms with Crippen LogP contribution in [-0.2, 0) is 9.53 Å². The molecular weight excluding hydrogens is 418 g/mol. The molecule has 162 valence electrons. The number of piperazine rings is 1. The first-order valence-electron chi connectivity index (χ1n) is 10.1. The zero-order valence-electron chi connectivity index (χ0n) is 17.2. The fraction of sp³-hybridized carbons (Fsp3) is 0.318. The molecule has 0 radical (unpaired) electrons. The summed E-state index contributed by atoms with van der Waals surface area (Å²) in [4.78, 5) is 34.0. The van der Waals surface area contributed by atoms with Gasteiger partial charge in [-0.2, -0.15) is 0 Å². The van der Waals surface area contributed by atoms with Crippen LogP contribution < -0.4 is 15.5 Å². The Morgan fingerprint density at radius 2 is 1.90 bits per heavy atom. The van der Waals surface area contributed by atoms with E-state index in [4.69, 9.17) is 16.3 Å². The summed E-state index contributed by atoms with van der Waals surface area (Å²) >= 11 is 6.36. The van der Waals surface area contributed by atoms with Crippen molar-refractivity contribution in [3.63, 3.8) is 0 Å². The van der Waals surface area contributed by atoms with Crippen molar-refractivity contribution in [1.29, 1.82) is 0 Å². The lowest BCUT2D eigenvalue weighted by Gasteiger charge is -2.37. The number of nitrogens with zero attached hydrogens (tertiary/aromatic N) is 3. The number of aromatic nitrogens is 1. The van der Waals surface area contributed by atoms with E-state index in [0.717, 1.165) is 32.0 Å². The highest BCUT2D eigenvalue weighted by Gasteiger charge is 2.35. The first-order chi connectivity index (χ1) is 15.1.